The van der Waals surface area contributed by atoms with Crippen LogP contribution < -0.4 is 19.7 Å². The van der Waals surface area contributed by atoms with Gasteiger partial charge in [-0.05, 0) is 53.6 Å². The Labute approximate surface area is 257 Å². The second-order valence-electron chi connectivity index (χ2n) is 10.9. The summed E-state index contributed by atoms with van der Waals surface area (Å²) in [6, 6.07) is 25.7. The van der Waals surface area contributed by atoms with Crippen molar-refractivity contribution in [3.63, 3.8) is 0 Å². The molecule has 3 aliphatic rings. The summed E-state index contributed by atoms with van der Waals surface area (Å²) >= 11 is 3.46. The predicted molar refractivity (Wildman–Crippen MR) is 168 cm³/mol. The maximum absolute atomic E-state index is 14.9. The number of rotatable bonds is 6. The topological polar surface area (TPSA) is 84.9 Å². The fourth-order valence-corrected chi connectivity index (χ4v) is 7.34. The quantitative estimate of drug-likeness (QED) is 0.250. The molecule has 214 valence electrons. The molecule has 4 aromatic rings. The van der Waals surface area contributed by atoms with Crippen LogP contribution in [0.15, 0.2) is 102 Å². The van der Waals surface area contributed by atoms with Crippen LogP contribution in [0.5, 0.6) is 11.5 Å². The average molecular weight is 636 g/mol. The van der Waals surface area contributed by atoms with E-state index in [1.165, 1.54) is 14.2 Å². The van der Waals surface area contributed by atoms with Crippen LogP contribution in [0.3, 0.4) is 0 Å². The largest absolute Gasteiger partial charge is 0.493 e. The van der Waals surface area contributed by atoms with Crippen molar-refractivity contribution in [2.24, 2.45) is 5.92 Å². The maximum atomic E-state index is 14.9. The van der Waals surface area contributed by atoms with Gasteiger partial charge in [0.05, 0.1) is 26.2 Å². The number of para-hydroxylation sites is 2. The van der Waals surface area contributed by atoms with Gasteiger partial charge in [0.15, 0.2) is 23.1 Å². The Balaban J connectivity index is 1.52. The van der Waals surface area contributed by atoms with E-state index in [1.807, 2.05) is 65.6 Å². The van der Waals surface area contributed by atoms with Crippen LogP contribution in [0.25, 0.3) is 6.08 Å². The fourth-order valence-electron chi connectivity index (χ4n) is 7.07. The molecule has 0 bridgehead atoms. The number of fused-ring (bicyclic) bond motifs is 6. The zero-order chi connectivity index (χ0) is 29.9. The van der Waals surface area contributed by atoms with Crippen LogP contribution in [0.4, 0.5) is 11.4 Å². The molecule has 3 aliphatic heterocycles. The molecule has 1 saturated heterocycles. The molecule has 0 saturated carbocycles. The van der Waals surface area contributed by atoms with Gasteiger partial charge in [0, 0.05) is 27.0 Å². The standard InChI is InChI=1S/C35H27BrN2O5/c1-42-27-17-13-22(19-28(27)43-2)33(40)31-30(32(39)21-11-15-23(36)16-12-21)35(24-8-4-5-9-25(24)37-34(35)41)29-18-14-20-7-3-6-10-26(20)38(29)31/h3-19,29-31H,1-2H3,(H,37,41)/t29-,30+,31-,35+/m0/s1. The lowest BCUT2D eigenvalue weighted by molar-refractivity contribution is -0.121. The van der Waals surface area contributed by atoms with Crippen LogP contribution in [-0.4, -0.2) is 43.8 Å². The first-order chi connectivity index (χ1) is 20.9. The summed E-state index contributed by atoms with van der Waals surface area (Å²) in [4.78, 5) is 46.2. The highest BCUT2D eigenvalue weighted by atomic mass is 79.9. The van der Waals surface area contributed by atoms with Gasteiger partial charge in [-0.1, -0.05) is 76.6 Å². The van der Waals surface area contributed by atoms with Gasteiger partial charge in [0.25, 0.3) is 0 Å². The Kier molecular flexibility index (Phi) is 6.47. The van der Waals surface area contributed by atoms with E-state index < -0.39 is 23.4 Å². The number of ketones is 2. The van der Waals surface area contributed by atoms with Crippen molar-refractivity contribution in [2.45, 2.75) is 17.5 Å². The summed E-state index contributed by atoms with van der Waals surface area (Å²) < 4.78 is 11.8. The highest BCUT2D eigenvalue weighted by Crippen LogP contribution is 2.58. The van der Waals surface area contributed by atoms with Crippen LogP contribution in [0, 0.1) is 5.92 Å². The molecule has 4 atom stereocenters. The van der Waals surface area contributed by atoms with Crippen molar-refractivity contribution >= 4 is 50.9 Å². The second kappa shape index (κ2) is 10.2. The number of nitrogens with one attached hydrogen (secondary N) is 1. The van der Waals surface area contributed by atoms with Crippen LogP contribution >= 0.6 is 15.9 Å². The number of carbonyl (C=O) groups excluding carboxylic acids is 3. The smallest absolute Gasteiger partial charge is 0.238 e. The number of Topliss-reactive ketones (excluding diaryl/α,β-unsaturated/α-hetero) is 2. The SMILES string of the molecule is COc1ccc(C(=O)[C@@H]2[C@H](C(=O)c3ccc(Br)cc3)[C@]3(C(=O)Nc4ccccc43)[C@@H]3C=Cc4ccccc4N23)cc1OC. The van der Waals surface area contributed by atoms with Gasteiger partial charge < -0.3 is 19.7 Å². The Morgan fingerprint density at radius 3 is 2.30 bits per heavy atom. The molecular formula is C35H27BrN2O5. The third kappa shape index (κ3) is 3.89. The number of anilines is 2. The van der Waals surface area contributed by atoms with Gasteiger partial charge in [-0.25, -0.2) is 0 Å². The molecule has 1 amide bonds. The normalized spacial score (nSPS) is 22.9. The Morgan fingerprint density at radius 2 is 1.53 bits per heavy atom. The van der Waals surface area contributed by atoms with Crippen molar-refractivity contribution in [3.05, 3.63) is 124 Å². The number of halogens is 1. The Bertz CT molecular complexity index is 1830. The molecule has 0 aromatic heterocycles. The summed E-state index contributed by atoms with van der Waals surface area (Å²) in [6.45, 7) is 0. The second-order valence-corrected chi connectivity index (χ2v) is 11.8. The lowest BCUT2D eigenvalue weighted by atomic mass is 9.64. The van der Waals surface area contributed by atoms with Crippen molar-refractivity contribution in [1.82, 2.24) is 0 Å². The van der Waals surface area contributed by atoms with Crippen LogP contribution in [0.1, 0.15) is 31.8 Å². The summed E-state index contributed by atoms with van der Waals surface area (Å²) in [6.07, 6.45) is 3.95. The van der Waals surface area contributed by atoms with E-state index in [1.54, 1.807) is 42.5 Å². The monoisotopic (exact) mass is 634 g/mol. The van der Waals surface area contributed by atoms with Gasteiger partial charge >= 0.3 is 0 Å². The summed E-state index contributed by atoms with van der Waals surface area (Å²) in [5.74, 6) is -1.04. The minimum Gasteiger partial charge on any atom is -0.493 e. The molecule has 7 nitrogen and oxygen atoms in total. The van der Waals surface area contributed by atoms with Gasteiger partial charge in [-0.3, -0.25) is 14.4 Å². The zero-order valence-corrected chi connectivity index (χ0v) is 25.0. The van der Waals surface area contributed by atoms with Crippen molar-refractivity contribution < 1.29 is 23.9 Å². The minimum absolute atomic E-state index is 0.279. The molecule has 1 fully saturated rings. The van der Waals surface area contributed by atoms with E-state index in [4.69, 9.17) is 9.47 Å². The summed E-state index contributed by atoms with van der Waals surface area (Å²) in [5, 5.41) is 3.06. The van der Waals surface area contributed by atoms with E-state index in [0.29, 0.717) is 33.9 Å². The number of amides is 1. The van der Waals surface area contributed by atoms with Crippen molar-refractivity contribution in [1.29, 1.82) is 0 Å². The van der Waals surface area contributed by atoms with E-state index in [0.717, 1.165) is 15.7 Å². The zero-order valence-electron chi connectivity index (χ0n) is 23.4. The van der Waals surface area contributed by atoms with E-state index in [9.17, 15) is 14.4 Å². The number of benzene rings is 4. The van der Waals surface area contributed by atoms with Gasteiger partial charge in [-0.15, -0.1) is 0 Å². The van der Waals surface area contributed by atoms with Gasteiger partial charge in [0.2, 0.25) is 5.91 Å². The first-order valence-corrected chi connectivity index (χ1v) is 14.7. The molecule has 4 aromatic carbocycles. The van der Waals surface area contributed by atoms with Crippen LogP contribution in [0.2, 0.25) is 0 Å². The highest BCUT2D eigenvalue weighted by molar-refractivity contribution is 9.10. The molecule has 0 aliphatic carbocycles. The lowest BCUT2D eigenvalue weighted by Gasteiger charge is -2.37. The average Bonchev–Trinajstić information content (AvgIpc) is 3.52. The molecule has 0 radical (unpaired) electrons. The van der Waals surface area contributed by atoms with Gasteiger partial charge in [-0.2, -0.15) is 0 Å². The molecular weight excluding hydrogens is 608 g/mol. The number of methoxy groups -OCH3 is 2. The Hall–Kier alpha value is -4.69. The number of carbonyl (C=O) groups is 3. The fraction of sp³-hybridized carbons (Fsp3) is 0.171. The van der Waals surface area contributed by atoms with Gasteiger partial charge in [0.1, 0.15) is 11.5 Å². The predicted octanol–water partition coefficient (Wildman–Crippen LogP) is 6.32. The summed E-state index contributed by atoms with van der Waals surface area (Å²) in [7, 11) is 3.04. The van der Waals surface area contributed by atoms with Crippen molar-refractivity contribution in [2.75, 3.05) is 24.4 Å². The molecule has 7 rings (SSSR count). The maximum Gasteiger partial charge on any atom is 0.238 e. The third-order valence-corrected chi connectivity index (χ3v) is 9.42. The number of hydrogen-bond donors (Lipinski definition) is 1. The number of ether oxygens (including phenoxy) is 2. The highest BCUT2D eigenvalue weighted by Gasteiger charge is 2.70. The van der Waals surface area contributed by atoms with Crippen molar-refractivity contribution in [3.8, 4) is 11.5 Å². The third-order valence-electron chi connectivity index (χ3n) is 8.89. The van der Waals surface area contributed by atoms with Crippen LogP contribution in [-0.2, 0) is 10.2 Å². The van der Waals surface area contributed by atoms with E-state index in [2.05, 4.69) is 21.2 Å². The molecule has 8 heteroatoms. The van der Waals surface area contributed by atoms with E-state index >= 15 is 0 Å². The molecule has 1 spiro atoms. The molecule has 43 heavy (non-hydrogen) atoms. The van der Waals surface area contributed by atoms with E-state index in [-0.39, 0.29) is 17.5 Å². The molecule has 0 unspecified atom stereocenters. The Morgan fingerprint density at radius 1 is 0.837 bits per heavy atom. The molecule has 3 heterocycles. The summed E-state index contributed by atoms with van der Waals surface area (Å²) in [5.41, 5.74) is 2.45. The first kappa shape index (κ1) is 27.2. The number of hydrogen-bond acceptors (Lipinski definition) is 6. The minimum atomic E-state index is -1.37. The first-order valence-electron chi connectivity index (χ1n) is 13.9. The molecule has 1 N–H and O–H groups in total. The lowest BCUT2D eigenvalue weighted by Crippen LogP contribution is -2.51. The number of nitrogens with zero attached hydrogens (tertiary/aromatic N) is 1.